The second-order valence-electron chi connectivity index (χ2n) is 4.79. The average Bonchev–Trinajstić information content (AvgIpc) is 2.34. The van der Waals surface area contributed by atoms with Crippen LogP contribution in [0.4, 0.5) is 0 Å². The number of pyridine rings is 1. The van der Waals surface area contributed by atoms with E-state index in [1.54, 1.807) is 6.20 Å². The normalized spacial score (nSPS) is 24.9. The largest absolute Gasteiger partial charge is 0.481 e. The fraction of sp³-hybridized carbons (Fsp3) is 0.538. The van der Waals surface area contributed by atoms with Crippen molar-refractivity contribution in [3.05, 3.63) is 30.1 Å². The highest BCUT2D eigenvalue weighted by molar-refractivity contribution is 5.67. The van der Waals surface area contributed by atoms with Gasteiger partial charge in [-0.25, -0.2) is 0 Å². The Morgan fingerprint density at radius 2 is 2.44 bits per heavy atom. The summed E-state index contributed by atoms with van der Waals surface area (Å²) >= 11 is 0. The lowest BCUT2D eigenvalue weighted by molar-refractivity contribution is -0.139. The van der Waals surface area contributed by atoms with Gasteiger partial charge in [0.2, 0.25) is 0 Å². The van der Waals surface area contributed by atoms with Crippen LogP contribution in [0, 0.1) is 0 Å². The maximum Gasteiger partial charge on any atom is 0.304 e. The molecule has 2 atom stereocenters. The summed E-state index contributed by atoms with van der Waals surface area (Å²) < 4.78 is 0. The van der Waals surface area contributed by atoms with E-state index in [9.17, 15) is 4.79 Å². The maximum atomic E-state index is 10.9. The van der Waals surface area contributed by atoms with Crippen LogP contribution in [0.1, 0.15) is 18.9 Å². The Morgan fingerprint density at radius 1 is 1.61 bits per heavy atom. The van der Waals surface area contributed by atoms with Crippen molar-refractivity contribution in [2.24, 2.45) is 0 Å². The number of nitrogens with one attached hydrogen (secondary N) is 1. The lowest BCUT2D eigenvalue weighted by Gasteiger charge is -2.40. The molecule has 1 fully saturated rings. The van der Waals surface area contributed by atoms with E-state index in [0.29, 0.717) is 6.04 Å². The smallest absolute Gasteiger partial charge is 0.304 e. The van der Waals surface area contributed by atoms with Gasteiger partial charge in [-0.1, -0.05) is 6.07 Å². The summed E-state index contributed by atoms with van der Waals surface area (Å²) in [7, 11) is 0. The summed E-state index contributed by atoms with van der Waals surface area (Å²) in [5.74, 6) is -0.743. The van der Waals surface area contributed by atoms with E-state index < -0.39 is 5.97 Å². The van der Waals surface area contributed by atoms with E-state index in [4.69, 9.17) is 5.11 Å². The zero-order valence-corrected chi connectivity index (χ0v) is 10.5. The van der Waals surface area contributed by atoms with Crippen molar-refractivity contribution < 1.29 is 9.90 Å². The maximum absolute atomic E-state index is 10.9. The van der Waals surface area contributed by atoms with Crippen LogP contribution >= 0.6 is 0 Å². The molecule has 1 aliphatic rings. The van der Waals surface area contributed by atoms with Gasteiger partial charge in [-0.05, 0) is 18.6 Å². The monoisotopic (exact) mass is 249 g/mol. The molecule has 0 saturated carbocycles. The zero-order valence-electron chi connectivity index (χ0n) is 10.5. The van der Waals surface area contributed by atoms with E-state index in [0.717, 1.165) is 25.2 Å². The number of nitrogens with zero attached hydrogens (tertiary/aromatic N) is 2. The summed E-state index contributed by atoms with van der Waals surface area (Å²) in [4.78, 5) is 17.3. The Kier molecular flexibility index (Phi) is 4.28. The molecule has 0 amide bonds. The van der Waals surface area contributed by atoms with Crippen molar-refractivity contribution in [2.45, 2.75) is 32.0 Å². The third-order valence-electron chi connectivity index (χ3n) is 3.35. The lowest BCUT2D eigenvalue weighted by Crippen LogP contribution is -2.56. The van der Waals surface area contributed by atoms with Gasteiger partial charge in [0.1, 0.15) is 0 Å². The highest BCUT2D eigenvalue weighted by Gasteiger charge is 2.29. The molecule has 98 valence electrons. The topological polar surface area (TPSA) is 65.5 Å². The molecule has 1 aromatic rings. The van der Waals surface area contributed by atoms with E-state index in [1.165, 1.54) is 0 Å². The van der Waals surface area contributed by atoms with Gasteiger partial charge in [0.15, 0.2) is 0 Å². The second-order valence-corrected chi connectivity index (χ2v) is 4.79. The van der Waals surface area contributed by atoms with E-state index >= 15 is 0 Å². The van der Waals surface area contributed by atoms with Crippen LogP contribution in [0.2, 0.25) is 0 Å². The highest BCUT2D eigenvalue weighted by Crippen LogP contribution is 2.16. The van der Waals surface area contributed by atoms with Gasteiger partial charge < -0.3 is 10.4 Å². The average molecular weight is 249 g/mol. The van der Waals surface area contributed by atoms with E-state index in [2.05, 4.69) is 22.1 Å². The Balaban J connectivity index is 2.07. The fourth-order valence-electron chi connectivity index (χ4n) is 2.43. The van der Waals surface area contributed by atoms with Gasteiger partial charge in [0.05, 0.1) is 6.42 Å². The van der Waals surface area contributed by atoms with Crippen LogP contribution in [0.25, 0.3) is 0 Å². The molecule has 0 spiro atoms. The Morgan fingerprint density at radius 3 is 3.11 bits per heavy atom. The summed E-state index contributed by atoms with van der Waals surface area (Å²) in [5.41, 5.74) is 1.13. The van der Waals surface area contributed by atoms with Crippen LogP contribution in [0.3, 0.4) is 0 Å². The van der Waals surface area contributed by atoms with Crippen molar-refractivity contribution in [1.82, 2.24) is 15.2 Å². The molecular formula is C13H19N3O2. The minimum absolute atomic E-state index is 0.0476. The molecule has 2 N–H and O–H groups in total. The lowest BCUT2D eigenvalue weighted by atomic mass is 10.0. The molecular weight excluding hydrogens is 230 g/mol. The number of piperazine rings is 1. The second kappa shape index (κ2) is 5.93. The highest BCUT2D eigenvalue weighted by atomic mass is 16.4. The molecule has 1 aromatic heterocycles. The van der Waals surface area contributed by atoms with E-state index in [-0.39, 0.29) is 12.5 Å². The Hall–Kier alpha value is -1.46. The molecule has 0 aromatic carbocycles. The third kappa shape index (κ3) is 3.27. The van der Waals surface area contributed by atoms with Crippen LogP contribution < -0.4 is 5.32 Å². The standard InChI is InChI=1S/C13H19N3O2/c1-10-6-15-8-12(5-13(17)18)16(10)9-11-3-2-4-14-7-11/h2-4,7,10,12,15H,5-6,8-9H2,1H3,(H,17,18). The first-order chi connectivity index (χ1) is 8.66. The van der Waals surface area contributed by atoms with Gasteiger partial charge >= 0.3 is 5.97 Å². The molecule has 5 heteroatoms. The first kappa shape index (κ1) is 13.0. The first-order valence-corrected chi connectivity index (χ1v) is 6.24. The summed E-state index contributed by atoms with van der Waals surface area (Å²) in [5, 5.41) is 12.3. The SMILES string of the molecule is CC1CNCC(CC(=O)O)N1Cc1cccnc1. The molecule has 2 rings (SSSR count). The van der Waals surface area contributed by atoms with Gasteiger partial charge in [0.25, 0.3) is 0 Å². The number of hydrogen-bond donors (Lipinski definition) is 2. The first-order valence-electron chi connectivity index (χ1n) is 6.24. The van der Waals surface area contributed by atoms with Gasteiger partial charge in [-0.2, -0.15) is 0 Å². The number of carbonyl (C=O) groups is 1. The van der Waals surface area contributed by atoms with Gasteiger partial charge in [0, 0.05) is 44.1 Å². The minimum atomic E-state index is -0.743. The molecule has 0 aliphatic carbocycles. The Labute approximate surface area is 107 Å². The van der Waals surface area contributed by atoms with Crippen molar-refractivity contribution >= 4 is 5.97 Å². The zero-order chi connectivity index (χ0) is 13.0. The number of hydrogen-bond acceptors (Lipinski definition) is 4. The molecule has 1 aliphatic heterocycles. The van der Waals surface area contributed by atoms with Crippen LogP contribution in [0.15, 0.2) is 24.5 Å². The Bertz CT molecular complexity index is 396. The third-order valence-corrected chi connectivity index (χ3v) is 3.35. The van der Waals surface area contributed by atoms with Crippen LogP contribution in [-0.2, 0) is 11.3 Å². The molecule has 2 unspecified atom stereocenters. The predicted octanol–water partition coefficient (Wildman–Crippen LogP) is 0.719. The van der Waals surface area contributed by atoms with Crippen molar-refractivity contribution in [1.29, 1.82) is 0 Å². The summed E-state index contributed by atoms with van der Waals surface area (Å²) in [6.07, 6.45) is 3.77. The number of carboxylic acid groups (broad SMARTS) is 1. The number of carboxylic acids is 1. The number of rotatable bonds is 4. The van der Waals surface area contributed by atoms with Crippen molar-refractivity contribution in [2.75, 3.05) is 13.1 Å². The molecule has 0 bridgehead atoms. The molecule has 5 nitrogen and oxygen atoms in total. The number of aromatic nitrogens is 1. The molecule has 18 heavy (non-hydrogen) atoms. The predicted molar refractivity (Wildman–Crippen MR) is 68.2 cm³/mol. The number of aliphatic carboxylic acids is 1. The quantitative estimate of drug-likeness (QED) is 0.823. The molecule has 0 radical (unpaired) electrons. The summed E-state index contributed by atoms with van der Waals surface area (Å²) in [6, 6.07) is 4.32. The van der Waals surface area contributed by atoms with E-state index in [1.807, 2.05) is 18.3 Å². The summed E-state index contributed by atoms with van der Waals surface area (Å²) in [6.45, 7) is 4.51. The molecule has 2 heterocycles. The van der Waals surface area contributed by atoms with Crippen molar-refractivity contribution in [3.63, 3.8) is 0 Å². The van der Waals surface area contributed by atoms with Gasteiger partial charge in [-0.3, -0.25) is 14.7 Å². The van der Waals surface area contributed by atoms with Crippen LogP contribution in [0.5, 0.6) is 0 Å². The molecule has 1 saturated heterocycles. The van der Waals surface area contributed by atoms with Gasteiger partial charge in [-0.15, -0.1) is 0 Å². The van der Waals surface area contributed by atoms with Crippen LogP contribution in [-0.4, -0.2) is 46.1 Å². The minimum Gasteiger partial charge on any atom is -0.481 e. The van der Waals surface area contributed by atoms with Crippen molar-refractivity contribution in [3.8, 4) is 0 Å². The fourth-order valence-corrected chi connectivity index (χ4v) is 2.43.